The Balaban J connectivity index is 2.05. The fourth-order valence-electron chi connectivity index (χ4n) is 1.77. The van der Waals surface area contributed by atoms with Crippen LogP contribution in [-0.2, 0) is 7.05 Å². The number of aromatic amines is 1. The van der Waals surface area contributed by atoms with E-state index in [-0.39, 0.29) is 0 Å². The molecule has 0 spiro atoms. The number of nitrogens with one attached hydrogen (secondary N) is 1. The molecular formula is C12H11N5S. The van der Waals surface area contributed by atoms with E-state index in [0.29, 0.717) is 4.77 Å². The van der Waals surface area contributed by atoms with Crippen LogP contribution in [-0.4, -0.2) is 24.5 Å². The smallest absolute Gasteiger partial charge is 0.195 e. The third kappa shape index (κ3) is 1.76. The standard InChI is InChI=1S/C12H11N5S/c1-16-11(14-15-12(16)18)9-7-13-17(8-9)10-5-3-2-4-6-10/h2-8H,1H3,(H,15,18). The highest BCUT2D eigenvalue weighted by atomic mass is 32.1. The molecule has 3 aromatic rings. The Labute approximate surface area is 109 Å². The van der Waals surface area contributed by atoms with Crippen LogP contribution >= 0.6 is 12.2 Å². The quantitative estimate of drug-likeness (QED) is 0.717. The molecule has 0 fully saturated rings. The van der Waals surface area contributed by atoms with E-state index in [1.54, 1.807) is 6.20 Å². The summed E-state index contributed by atoms with van der Waals surface area (Å²) in [5.41, 5.74) is 1.94. The third-order valence-electron chi connectivity index (χ3n) is 2.74. The molecule has 5 nitrogen and oxygen atoms in total. The first-order chi connectivity index (χ1) is 8.75. The summed E-state index contributed by atoms with van der Waals surface area (Å²) in [5, 5.41) is 11.3. The zero-order chi connectivity index (χ0) is 12.5. The summed E-state index contributed by atoms with van der Waals surface area (Å²) in [6.45, 7) is 0. The molecule has 3 rings (SSSR count). The first-order valence-electron chi connectivity index (χ1n) is 5.47. The van der Waals surface area contributed by atoms with Crippen LogP contribution in [0.15, 0.2) is 42.7 Å². The van der Waals surface area contributed by atoms with Crippen molar-refractivity contribution in [2.24, 2.45) is 7.05 Å². The molecule has 0 amide bonds. The summed E-state index contributed by atoms with van der Waals surface area (Å²) in [4.78, 5) is 0. The van der Waals surface area contributed by atoms with E-state index in [2.05, 4.69) is 15.3 Å². The number of hydrogen-bond acceptors (Lipinski definition) is 3. The van der Waals surface area contributed by atoms with Gasteiger partial charge in [-0.1, -0.05) is 18.2 Å². The van der Waals surface area contributed by atoms with Gasteiger partial charge in [0.15, 0.2) is 10.6 Å². The molecule has 18 heavy (non-hydrogen) atoms. The second-order valence-corrected chi connectivity index (χ2v) is 4.31. The summed E-state index contributed by atoms with van der Waals surface area (Å²) >= 11 is 5.09. The fraction of sp³-hybridized carbons (Fsp3) is 0.0833. The molecule has 0 aliphatic rings. The normalized spacial score (nSPS) is 10.7. The Morgan fingerprint density at radius 1 is 1.22 bits per heavy atom. The van der Waals surface area contributed by atoms with Crippen molar-refractivity contribution in [3.05, 3.63) is 47.5 Å². The first-order valence-corrected chi connectivity index (χ1v) is 5.88. The molecule has 0 saturated carbocycles. The molecule has 0 saturated heterocycles. The number of hydrogen-bond donors (Lipinski definition) is 1. The zero-order valence-electron chi connectivity index (χ0n) is 9.74. The van der Waals surface area contributed by atoms with Crippen molar-refractivity contribution in [3.8, 4) is 17.1 Å². The van der Waals surface area contributed by atoms with E-state index < -0.39 is 0 Å². The molecular weight excluding hydrogens is 246 g/mol. The maximum Gasteiger partial charge on any atom is 0.195 e. The molecule has 0 atom stereocenters. The summed E-state index contributed by atoms with van der Waals surface area (Å²) in [5.74, 6) is 0.780. The number of para-hydroxylation sites is 1. The number of H-pyrrole nitrogens is 1. The lowest BCUT2D eigenvalue weighted by Gasteiger charge is -1.99. The zero-order valence-corrected chi connectivity index (χ0v) is 10.6. The lowest BCUT2D eigenvalue weighted by Crippen LogP contribution is -1.93. The van der Waals surface area contributed by atoms with Crippen molar-refractivity contribution >= 4 is 12.2 Å². The molecule has 0 bridgehead atoms. The molecule has 2 aromatic heterocycles. The van der Waals surface area contributed by atoms with Crippen LogP contribution < -0.4 is 0 Å². The van der Waals surface area contributed by atoms with Crippen LogP contribution in [0.25, 0.3) is 17.1 Å². The van der Waals surface area contributed by atoms with E-state index in [1.165, 1.54) is 0 Å². The SMILES string of the molecule is Cn1c(-c2cnn(-c3ccccc3)c2)n[nH]c1=S. The van der Waals surface area contributed by atoms with Gasteiger partial charge < -0.3 is 4.57 Å². The Hall–Kier alpha value is -2.21. The Morgan fingerprint density at radius 3 is 2.67 bits per heavy atom. The highest BCUT2D eigenvalue weighted by Crippen LogP contribution is 2.17. The van der Waals surface area contributed by atoms with Gasteiger partial charge in [0.2, 0.25) is 0 Å². The summed E-state index contributed by atoms with van der Waals surface area (Å²) < 4.78 is 4.23. The molecule has 0 aliphatic heterocycles. The van der Waals surface area contributed by atoms with Crippen LogP contribution in [0.1, 0.15) is 0 Å². The van der Waals surface area contributed by atoms with Gasteiger partial charge in [-0.05, 0) is 24.4 Å². The average molecular weight is 257 g/mol. The number of nitrogens with zero attached hydrogens (tertiary/aromatic N) is 4. The topological polar surface area (TPSA) is 51.4 Å². The van der Waals surface area contributed by atoms with Crippen molar-refractivity contribution in [2.75, 3.05) is 0 Å². The Bertz CT molecular complexity index is 722. The van der Waals surface area contributed by atoms with Crippen LogP contribution in [0, 0.1) is 4.77 Å². The van der Waals surface area contributed by atoms with E-state index in [4.69, 9.17) is 12.2 Å². The van der Waals surface area contributed by atoms with E-state index in [0.717, 1.165) is 17.1 Å². The lowest BCUT2D eigenvalue weighted by molar-refractivity contribution is 0.880. The van der Waals surface area contributed by atoms with Crippen molar-refractivity contribution in [3.63, 3.8) is 0 Å². The van der Waals surface area contributed by atoms with Crippen LogP contribution in [0.4, 0.5) is 0 Å². The lowest BCUT2D eigenvalue weighted by atomic mass is 10.3. The second kappa shape index (κ2) is 4.23. The van der Waals surface area contributed by atoms with Crippen LogP contribution in [0.5, 0.6) is 0 Å². The minimum Gasteiger partial charge on any atom is -0.303 e. The van der Waals surface area contributed by atoms with Gasteiger partial charge >= 0.3 is 0 Å². The highest BCUT2D eigenvalue weighted by Gasteiger charge is 2.08. The summed E-state index contributed by atoms with van der Waals surface area (Å²) in [7, 11) is 1.88. The Kier molecular flexibility index (Phi) is 2.56. The molecule has 6 heteroatoms. The van der Waals surface area contributed by atoms with E-state index in [9.17, 15) is 0 Å². The molecule has 1 aromatic carbocycles. The van der Waals surface area contributed by atoms with Gasteiger partial charge in [-0.3, -0.25) is 5.10 Å². The molecule has 0 radical (unpaired) electrons. The Morgan fingerprint density at radius 2 is 2.00 bits per heavy atom. The van der Waals surface area contributed by atoms with E-state index >= 15 is 0 Å². The van der Waals surface area contributed by atoms with Gasteiger partial charge in [0.1, 0.15) is 0 Å². The minimum atomic E-state index is 0.595. The third-order valence-corrected chi connectivity index (χ3v) is 3.11. The van der Waals surface area contributed by atoms with Gasteiger partial charge in [-0.25, -0.2) is 4.68 Å². The maximum absolute atomic E-state index is 5.09. The molecule has 2 heterocycles. The second-order valence-electron chi connectivity index (χ2n) is 3.92. The number of benzene rings is 1. The molecule has 0 aliphatic carbocycles. The molecule has 90 valence electrons. The van der Waals surface area contributed by atoms with Crippen LogP contribution in [0.2, 0.25) is 0 Å². The summed E-state index contributed by atoms with van der Waals surface area (Å²) in [6, 6.07) is 9.93. The summed E-state index contributed by atoms with van der Waals surface area (Å²) in [6.07, 6.45) is 3.71. The number of rotatable bonds is 2. The monoisotopic (exact) mass is 257 g/mol. The van der Waals surface area contributed by atoms with Crippen LogP contribution in [0.3, 0.4) is 0 Å². The van der Waals surface area contributed by atoms with Gasteiger partial charge in [-0.2, -0.15) is 10.2 Å². The molecule has 1 N–H and O–H groups in total. The van der Waals surface area contributed by atoms with Crippen molar-refractivity contribution in [2.45, 2.75) is 0 Å². The largest absolute Gasteiger partial charge is 0.303 e. The van der Waals surface area contributed by atoms with Crippen molar-refractivity contribution < 1.29 is 0 Å². The van der Waals surface area contributed by atoms with Gasteiger partial charge in [0.25, 0.3) is 0 Å². The van der Waals surface area contributed by atoms with Crippen molar-refractivity contribution in [1.29, 1.82) is 0 Å². The number of aromatic nitrogens is 5. The van der Waals surface area contributed by atoms with E-state index in [1.807, 2.05) is 52.8 Å². The first kappa shape index (κ1) is 10.9. The van der Waals surface area contributed by atoms with Gasteiger partial charge in [0.05, 0.1) is 17.4 Å². The van der Waals surface area contributed by atoms with Gasteiger partial charge in [0, 0.05) is 13.2 Å². The minimum absolute atomic E-state index is 0.595. The predicted molar refractivity (Wildman–Crippen MR) is 71.0 cm³/mol. The average Bonchev–Trinajstić information content (AvgIpc) is 3.00. The molecule has 0 unspecified atom stereocenters. The highest BCUT2D eigenvalue weighted by molar-refractivity contribution is 7.71. The predicted octanol–water partition coefficient (Wildman–Crippen LogP) is 2.33. The maximum atomic E-state index is 5.09. The van der Waals surface area contributed by atoms with Crippen molar-refractivity contribution in [1.82, 2.24) is 24.5 Å². The van der Waals surface area contributed by atoms with Gasteiger partial charge in [-0.15, -0.1) is 0 Å². The fourth-order valence-corrected chi connectivity index (χ4v) is 1.90.